The lowest BCUT2D eigenvalue weighted by Crippen LogP contribution is -2.18. The minimum Gasteiger partial charge on any atom is -0.324 e. The maximum atomic E-state index is 12.0. The molecule has 0 aliphatic rings. The first-order valence-electron chi connectivity index (χ1n) is 6.85. The highest BCUT2D eigenvalue weighted by Crippen LogP contribution is 2.23. The topological polar surface area (TPSA) is 79.8 Å². The van der Waals surface area contributed by atoms with E-state index in [0.29, 0.717) is 22.4 Å². The minimum absolute atomic E-state index is 0.151. The molecule has 0 atom stereocenters. The van der Waals surface area contributed by atoms with Gasteiger partial charge in [0.15, 0.2) is 5.16 Å². The van der Waals surface area contributed by atoms with Crippen LogP contribution >= 0.6 is 23.4 Å². The molecule has 8 heteroatoms. The van der Waals surface area contributed by atoms with Gasteiger partial charge in [-0.15, -0.1) is 5.10 Å². The maximum Gasteiger partial charge on any atom is 0.343 e. The van der Waals surface area contributed by atoms with Crippen LogP contribution in [0.3, 0.4) is 0 Å². The Morgan fingerprint density at radius 3 is 2.95 bits per heavy atom. The molecule has 0 bridgehead atoms. The molecule has 2 N–H and O–H groups in total. The third kappa shape index (κ3) is 4.14. The Balaban J connectivity index is 1.97. The second-order valence-electron chi connectivity index (χ2n) is 4.78. The van der Waals surface area contributed by atoms with Gasteiger partial charge in [-0.25, -0.2) is 9.89 Å². The lowest BCUT2D eigenvalue weighted by molar-refractivity contribution is -0.113. The number of hydrogen-bond donors (Lipinski definition) is 2. The van der Waals surface area contributed by atoms with Gasteiger partial charge in [0.1, 0.15) is 0 Å². The van der Waals surface area contributed by atoms with Gasteiger partial charge in [0.2, 0.25) is 5.91 Å². The van der Waals surface area contributed by atoms with Crippen LogP contribution in [0.1, 0.15) is 18.9 Å². The fourth-order valence-corrected chi connectivity index (χ4v) is 2.93. The van der Waals surface area contributed by atoms with E-state index in [1.807, 2.05) is 19.9 Å². The van der Waals surface area contributed by atoms with Gasteiger partial charge in [0.05, 0.1) is 16.5 Å². The van der Waals surface area contributed by atoms with E-state index in [9.17, 15) is 9.59 Å². The molecule has 0 saturated heterocycles. The van der Waals surface area contributed by atoms with Gasteiger partial charge in [-0.3, -0.25) is 9.36 Å². The second kappa shape index (κ2) is 7.51. The van der Waals surface area contributed by atoms with Crippen molar-refractivity contribution in [1.82, 2.24) is 14.8 Å². The highest BCUT2D eigenvalue weighted by Gasteiger charge is 2.12. The number of benzene rings is 1. The summed E-state index contributed by atoms with van der Waals surface area (Å²) < 4.78 is 1.52. The monoisotopic (exact) mass is 340 g/mol. The third-order valence-corrected chi connectivity index (χ3v) is 4.19. The number of thioether (sulfide) groups is 1. The fourth-order valence-electron chi connectivity index (χ4n) is 1.87. The lowest BCUT2D eigenvalue weighted by atomic mass is 10.2. The first-order chi connectivity index (χ1) is 10.5. The minimum atomic E-state index is -0.258. The molecule has 0 saturated carbocycles. The predicted molar refractivity (Wildman–Crippen MR) is 88.7 cm³/mol. The summed E-state index contributed by atoms with van der Waals surface area (Å²) in [5, 5.41) is 10.1. The quantitative estimate of drug-likeness (QED) is 0.792. The van der Waals surface area contributed by atoms with Gasteiger partial charge in [-0.2, -0.15) is 0 Å². The summed E-state index contributed by atoms with van der Waals surface area (Å²) in [7, 11) is 0. The number of aromatic amines is 1. The zero-order valence-corrected chi connectivity index (χ0v) is 13.9. The van der Waals surface area contributed by atoms with Gasteiger partial charge in [-0.1, -0.05) is 36.4 Å². The summed E-state index contributed by atoms with van der Waals surface area (Å²) in [6.07, 6.45) is 0.818. The van der Waals surface area contributed by atoms with Crippen LogP contribution in [0.25, 0.3) is 0 Å². The zero-order valence-electron chi connectivity index (χ0n) is 12.4. The van der Waals surface area contributed by atoms with Crippen LogP contribution in [-0.4, -0.2) is 26.4 Å². The molecule has 0 fully saturated rings. The van der Waals surface area contributed by atoms with Crippen LogP contribution in [-0.2, 0) is 11.3 Å². The number of amides is 1. The van der Waals surface area contributed by atoms with Crippen LogP contribution in [0, 0.1) is 6.92 Å². The van der Waals surface area contributed by atoms with Crippen molar-refractivity contribution in [3.63, 3.8) is 0 Å². The fraction of sp³-hybridized carbons (Fsp3) is 0.357. The largest absolute Gasteiger partial charge is 0.343 e. The molecule has 0 spiro atoms. The van der Waals surface area contributed by atoms with Crippen LogP contribution < -0.4 is 11.0 Å². The van der Waals surface area contributed by atoms with Gasteiger partial charge in [-0.05, 0) is 31.0 Å². The summed E-state index contributed by atoms with van der Waals surface area (Å²) in [5.74, 6) is -0.0488. The Hall–Kier alpha value is -1.73. The van der Waals surface area contributed by atoms with E-state index in [-0.39, 0.29) is 17.3 Å². The summed E-state index contributed by atoms with van der Waals surface area (Å²) >= 11 is 7.29. The van der Waals surface area contributed by atoms with Crippen molar-refractivity contribution in [2.75, 3.05) is 11.1 Å². The van der Waals surface area contributed by atoms with E-state index in [2.05, 4.69) is 15.5 Å². The van der Waals surface area contributed by atoms with E-state index in [4.69, 9.17) is 11.6 Å². The Kier molecular flexibility index (Phi) is 5.68. The molecule has 0 aliphatic heterocycles. The second-order valence-corrected chi connectivity index (χ2v) is 6.13. The summed E-state index contributed by atoms with van der Waals surface area (Å²) in [6.45, 7) is 4.47. The average Bonchev–Trinajstić information content (AvgIpc) is 2.81. The molecule has 1 heterocycles. The number of carbonyl (C=O) groups is 1. The number of hydrogen-bond acceptors (Lipinski definition) is 4. The van der Waals surface area contributed by atoms with E-state index >= 15 is 0 Å². The van der Waals surface area contributed by atoms with Crippen molar-refractivity contribution in [2.24, 2.45) is 0 Å². The van der Waals surface area contributed by atoms with Gasteiger partial charge < -0.3 is 5.32 Å². The van der Waals surface area contributed by atoms with Crippen molar-refractivity contribution in [3.05, 3.63) is 39.3 Å². The number of nitrogens with zero attached hydrogens (tertiary/aromatic N) is 2. The maximum absolute atomic E-state index is 12.0. The molecule has 2 rings (SSSR count). The van der Waals surface area contributed by atoms with Crippen LogP contribution in [0.5, 0.6) is 0 Å². The Bertz CT molecular complexity index is 726. The van der Waals surface area contributed by atoms with E-state index in [1.165, 1.54) is 16.3 Å². The Labute approximate surface area is 137 Å². The molecule has 1 aromatic carbocycles. The summed E-state index contributed by atoms with van der Waals surface area (Å²) in [5.41, 5.74) is 1.34. The predicted octanol–water partition coefficient (Wildman–Crippen LogP) is 2.67. The highest BCUT2D eigenvalue weighted by atomic mass is 35.5. The standard InChI is InChI=1S/C14H17ClN4O2S/c1-3-6-19-13(21)17-18-14(19)22-8-12(20)16-11-5-4-9(2)7-10(11)15/h4-5,7H,3,6,8H2,1-2H3,(H,16,20)(H,17,21). The van der Waals surface area contributed by atoms with Gasteiger partial charge in [0.25, 0.3) is 0 Å². The number of H-pyrrole nitrogens is 1. The number of carbonyl (C=O) groups excluding carboxylic acids is 1. The number of nitrogens with one attached hydrogen (secondary N) is 2. The van der Waals surface area contributed by atoms with Crippen molar-refractivity contribution in [2.45, 2.75) is 32.0 Å². The summed E-state index contributed by atoms with van der Waals surface area (Å²) in [6, 6.07) is 5.43. The summed E-state index contributed by atoms with van der Waals surface area (Å²) in [4.78, 5) is 23.5. The van der Waals surface area contributed by atoms with E-state index in [0.717, 1.165) is 12.0 Å². The smallest absolute Gasteiger partial charge is 0.324 e. The van der Waals surface area contributed by atoms with Crippen molar-refractivity contribution >= 4 is 35.0 Å². The first kappa shape index (κ1) is 16.6. The zero-order chi connectivity index (χ0) is 16.1. The molecule has 0 aliphatic carbocycles. The third-order valence-electron chi connectivity index (χ3n) is 2.90. The van der Waals surface area contributed by atoms with Gasteiger partial charge in [0, 0.05) is 6.54 Å². The van der Waals surface area contributed by atoms with Crippen molar-refractivity contribution in [1.29, 1.82) is 0 Å². The normalized spacial score (nSPS) is 10.7. The highest BCUT2D eigenvalue weighted by molar-refractivity contribution is 7.99. The van der Waals surface area contributed by atoms with Crippen LogP contribution in [0.2, 0.25) is 5.02 Å². The molecule has 0 radical (unpaired) electrons. The van der Waals surface area contributed by atoms with Crippen LogP contribution in [0.4, 0.5) is 5.69 Å². The first-order valence-corrected chi connectivity index (χ1v) is 8.21. The molecule has 6 nitrogen and oxygen atoms in total. The van der Waals surface area contributed by atoms with Crippen molar-refractivity contribution in [3.8, 4) is 0 Å². The van der Waals surface area contributed by atoms with Crippen molar-refractivity contribution < 1.29 is 4.79 Å². The van der Waals surface area contributed by atoms with Gasteiger partial charge >= 0.3 is 5.69 Å². The molecule has 0 unspecified atom stereocenters. The molecule has 1 aromatic heterocycles. The lowest BCUT2D eigenvalue weighted by Gasteiger charge is -2.08. The molecule has 2 aromatic rings. The number of halogens is 1. The molecular weight excluding hydrogens is 324 g/mol. The molecular formula is C14H17ClN4O2S. The number of aryl methyl sites for hydroxylation is 1. The average molecular weight is 341 g/mol. The molecule has 118 valence electrons. The SMILES string of the molecule is CCCn1c(SCC(=O)Nc2ccc(C)cc2Cl)n[nH]c1=O. The molecule has 1 amide bonds. The van der Waals surface area contributed by atoms with E-state index < -0.39 is 0 Å². The number of rotatable bonds is 6. The number of aromatic nitrogens is 3. The Morgan fingerprint density at radius 2 is 2.27 bits per heavy atom. The number of anilines is 1. The van der Waals surface area contributed by atoms with Crippen LogP contribution in [0.15, 0.2) is 28.2 Å². The van der Waals surface area contributed by atoms with E-state index in [1.54, 1.807) is 12.1 Å². The molecule has 22 heavy (non-hydrogen) atoms. The Morgan fingerprint density at radius 1 is 1.50 bits per heavy atom.